The third-order valence-corrected chi connectivity index (χ3v) is 5.72. The van der Waals surface area contributed by atoms with Crippen LogP contribution in [0.2, 0.25) is 10.0 Å². The quantitative estimate of drug-likeness (QED) is 0.857. The molecule has 1 N–H and O–H groups in total. The molecule has 0 atom stereocenters. The van der Waals surface area contributed by atoms with Crippen molar-refractivity contribution in [1.29, 1.82) is 0 Å². The lowest BCUT2D eigenvalue weighted by Gasteiger charge is -2.13. The number of hydrogen-bond acceptors (Lipinski definition) is 3. The Morgan fingerprint density at radius 1 is 1.08 bits per heavy atom. The van der Waals surface area contributed by atoms with Crippen molar-refractivity contribution < 1.29 is 13.2 Å². The molecule has 128 valence electrons. The van der Waals surface area contributed by atoms with Gasteiger partial charge in [-0.1, -0.05) is 35.3 Å². The summed E-state index contributed by atoms with van der Waals surface area (Å²) in [5.74, 6) is -0.453. The van der Waals surface area contributed by atoms with Crippen molar-refractivity contribution in [3.8, 4) is 0 Å². The summed E-state index contributed by atoms with van der Waals surface area (Å²) in [6.45, 7) is 0.275. The molecule has 0 spiro atoms. The van der Waals surface area contributed by atoms with Crippen LogP contribution in [0, 0.1) is 0 Å². The predicted octanol–water partition coefficient (Wildman–Crippen LogP) is 3.17. The van der Waals surface area contributed by atoms with Gasteiger partial charge in [0.05, 0.1) is 15.5 Å². The molecule has 24 heavy (non-hydrogen) atoms. The molecule has 0 aliphatic heterocycles. The topological polar surface area (TPSA) is 66.5 Å². The number of sulfonamides is 1. The fraction of sp³-hybridized carbons (Fsp3) is 0.188. The van der Waals surface area contributed by atoms with Crippen molar-refractivity contribution in [2.45, 2.75) is 11.4 Å². The first-order chi connectivity index (χ1) is 11.2. The number of carbonyl (C=O) groups excluding carboxylic acids is 1. The molecule has 1 amide bonds. The molecule has 0 heterocycles. The molecular formula is C16H16Cl2N2O3S. The van der Waals surface area contributed by atoms with Gasteiger partial charge in [0.1, 0.15) is 0 Å². The van der Waals surface area contributed by atoms with Crippen molar-refractivity contribution in [3.05, 3.63) is 63.6 Å². The standard InChI is InChI=1S/C16H16Cl2N2O3S/c1-20(2)24(22,23)13-7-8-15(18)14(9-13)16(21)19-10-11-3-5-12(17)6-4-11/h3-9H,10H2,1-2H3,(H,19,21). The Bertz CT molecular complexity index is 850. The van der Waals surface area contributed by atoms with E-state index in [0.29, 0.717) is 5.02 Å². The number of carbonyl (C=O) groups is 1. The highest BCUT2D eigenvalue weighted by Crippen LogP contribution is 2.22. The van der Waals surface area contributed by atoms with E-state index < -0.39 is 15.9 Å². The first-order valence-electron chi connectivity index (χ1n) is 6.96. The molecule has 2 aromatic rings. The van der Waals surface area contributed by atoms with Gasteiger partial charge in [0.2, 0.25) is 10.0 Å². The van der Waals surface area contributed by atoms with E-state index in [1.807, 2.05) is 0 Å². The summed E-state index contributed by atoms with van der Waals surface area (Å²) < 4.78 is 25.4. The van der Waals surface area contributed by atoms with Crippen molar-refractivity contribution in [3.63, 3.8) is 0 Å². The highest BCUT2D eigenvalue weighted by Gasteiger charge is 2.20. The van der Waals surface area contributed by atoms with Crippen molar-refractivity contribution in [2.75, 3.05) is 14.1 Å². The predicted molar refractivity (Wildman–Crippen MR) is 94.9 cm³/mol. The number of nitrogens with zero attached hydrogens (tertiary/aromatic N) is 1. The van der Waals surface area contributed by atoms with E-state index in [1.54, 1.807) is 24.3 Å². The van der Waals surface area contributed by atoms with Gasteiger partial charge >= 0.3 is 0 Å². The smallest absolute Gasteiger partial charge is 0.253 e. The second-order valence-electron chi connectivity index (χ2n) is 5.24. The summed E-state index contributed by atoms with van der Waals surface area (Å²) >= 11 is 11.8. The molecule has 0 unspecified atom stereocenters. The molecule has 0 saturated heterocycles. The van der Waals surface area contributed by atoms with E-state index in [4.69, 9.17) is 23.2 Å². The number of benzene rings is 2. The zero-order valence-electron chi connectivity index (χ0n) is 13.1. The number of nitrogens with one attached hydrogen (secondary N) is 1. The van der Waals surface area contributed by atoms with Gasteiger partial charge in [0, 0.05) is 25.7 Å². The Balaban J connectivity index is 2.21. The maximum Gasteiger partial charge on any atom is 0.253 e. The second-order valence-corrected chi connectivity index (χ2v) is 8.23. The lowest BCUT2D eigenvalue weighted by molar-refractivity contribution is 0.0951. The van der Waals surface area contributed by atoms with Crippen LogP contribution in [0.5, 0.6) is 0 Å². The van der Waals surface area contributed by atoms with Gasteiger partial charge in [-0.25, -0.2) is 12.7 Å². The van der Waals surface area contributed by atoms with Crippen LogP contribution in [-0.4, -0.2) is 32.7 Å². The lowest BCUT2D eigenvalue weighted by Crippen LogP contribution is -2.25. The van der Waals surface area contributed by atoms with Crippen LogP contribution in [-0.2, 0) is 16.6 Å². The van der Waals surface area contributed by atoms with E-state index in [-0.39, 0.29) is 22.0 Å². The highest BCUT2D eigenvalue weighted by atomic mass is 35.5. The normalized spacial score (nSPS) is 11.5. The van der Waals surface area contributed by atoms with Crippen molar-refractivity contribution in [1.82, 2.24) is 9.62 Å². The SMILES string of the molecule is CN(C)S(=O)(=O)c1ccc(Cl)c(C(=O)NCc2ccc(Cl)cc2)c1. The van der Waals surface area contributed by atoms with Gasteiger partial charge in [-0.05, 0) is 35.9 Å². The van der Waals surface area contributed by atoms with Gasteiger partial charge < -0.3 is 5.32 Å². The van der Waals surface area contributed by atoms with Crippen LogP contribution in [0.3, 0.4) is 0 Å². The van der Waals surface area contributed by atoms with E-state index in [1.165, 1.54) is 32.3 Å². The van der Waals surface area contributed by atoms with E-state index in [2.05, 4.69) is 5.32 Å². The van der Waals surface area contributed by atoms with E-state index >= 15 is 0 Å². The third-order valence-electron chi connectivity index (χ3n) is 3.33. The fourth-order valence-corrected chi connectivity index (χ4v) is 3.19. The van der Waals surface area contributed by atoms with E-state index in [9.17, 15) is 13.2 Å². The molecule has 0 aliphatic carbocycles. The minimum absolute atomic E-state index is 0.00791. The van der Waals surface area contributed by atoms with Crippen LogP contribution in [0.25, 0.3) is 0 Å². The summed E-state index contributed by atoms with van der Waals surface area (Å²) in [7, 11) is -0.800. The van der Waals surface area contributed by atoms with Gasteiger partial charge in [-0.15, -0.1) is 0 Å². The zero-order valence-corrected chi connectivity index (χ0v) is 15.4. The molecule has 0 fully saturated rings. The average Bonchev–Trinajstić information content (AvgIpc) is 2.54. The van der Waals surface area contributed by atoms with Gasteiger partial charge in [0.15, 0.2) is 0 Å². The molecule has 0 bridgehead atoms. The van der Waals surface area contributed by atoms with Crippen molar-refractivity contribution in [2.24, 2.45) is 0 Å². The minimum atomic E-state index is -3.64. The summed E-state index contributed by atoms with van der Waals surface area (Å²) in [5.41, 5.74) is 0.967. The maximum absolute atomic E-state index is 12.3. The first kappa shape index (κ1) is 18.7. The number of amides is 1. The lowest BCUT2D eigenvalue weighted by atomic mass is 10.2. The molecule has 2 rings (SSSR count). The molecule has 0 radical (unpaired) electrons. The molecule has 0 aliphatic rings. The van der Waals surface area contributed by atoms with Crippen molar-refractivity contribution >= 4 is 39.1 Å². The number of hydrogen-bond donors (Lipinski definition) is 1. The zero-order chi connectivity index (χ0) is 17.9. The Labute approximate surface area is 151 Å². The van der Waals surface area contributed by atoms with Crippen LogP contribution in [0.15, 0.2) is 47.4 Å². The van der Waals surface area contributed by atoms with Crippen LogP contribution < -0.4 is 5.32 Å². The fourth-order valence-electron chi connectivity index (χ4n) is 1.93. The van der Waals surface area contributed by atoms with Crippen LogP contribution >= 0.6 is 23.2 Å². The summed E-state index contributed by atoms with van der Waals surface area (Å²) in [6, 6.07) is 11.1. The van der Waals surface area contributed by atoms with Gasteiger partial charge in [-0.3, -0.25) is 4.79 Å². The van der Waals surface area contributed by atoms with Gasteiger partial charge in [-0.2, -0.15) is 0 Å². The maximum atomic E-state index is 12.3. The van der Waals surface area contributed by atoms with Crippen LogP contribution in [0.4, 0.5) is 0 Å². The Morgan fingerprint density at radius 2 is 1.71 bits per heavy atom. The Hall–Kier alpha value is -1.60. The summed E-state index contributed by atoms with van der Waals surface area (Å²) in [6.07, 6.45) is 0. The number of halogens is 2. The number of rotatable bonds is 5. The monoisotopic (exact) mass is 386 g/mol. The summed E-state index contributed by atoms with van der Waals surface area (Å²) in [5, 5.41) is 3.50. The minimum Gasteiger partial charge on any atom is -0.348 e. The molecule has 0 aromatic heterocycles. The van der Waals surface area contributed by atoms with E-state index in [0.717, 1.165) is 9.87 Å². The molecular weight excluding hydrogens is 371 g/mol. The van der Waals surface area contributed by atoms with Crippen LogP contribution in [0.1, 0.15) is 15.9 Å². The largest absolute Gasteiger partial charge is 0.348 e. The average molecular weight is 387 g/mol. The molecule has 0 saturated carbocycles. The Morgan fingerprint density at radius 3 is 2.29 bits per heavy atom. The van der Waals surface area contributed by atoms with Gasteiger partial charge in [0.25, 0.3) is 5.91 Å². The second kappa shape index (κ2) is 7.53. The first-order valence-corrected chi connectivity index (χ1v) is 9.16. The molecule has 2 aromatic carbocycles. The highest BCUT2D eigenvalue weighted by molar-refractivity contribution is 7.89. The Kier molecular flexibility index (Phi) is 5.87. The molecule has 5 nitrogen and oxygen atoms in total. The summed E-state index contributed by atoms with van der Waals surface area (Å²) in [4.78, 5) is 12.3. The third kappa shape index (κ3) is 4.27. The molecule has 8 heteroatoms.